The number of carboxylic acid groups (broad SMARTS) is 2. The second-order valence-electron chi connectivity index (χ2n) is 4.13. The van der Waals surface area contributed by atoms with Gasteiger partial charge in [0.25, 0.3) is 5.19 Å². The van der Waals surface area contributed by atoms with E-state index in [-0.39, 0.29) is 0 Å². The topological polar surface area (TPSA) is 110 Å². The Labute approximate surface area is 143 Å². The zero-order valence-electron chi connectivity index (χ0n) is 12.5. The first kappa shape index (κ1) is 20.1. The molecule has 0 fully saturated rings. The highest BCUT2D eigenvalue weighted by molar-refractivity contribution is 7.16. The van der Waals surface area contributed by atoms with Crippen LogP contribution in [0.3, 0.4) is 0 Å². The number of aromatic nitrogens is 2. The highest BCUT2D eigenvalue weighted by atomic mass is 32.1. The lowest BCUT2D eigenvalue weighted by Crippen LogP contribution is -2.21. The Morgan fingerprint density at radius 3 is 2.40 bits per heavy atom. The molecular weight excluding hydrogens is 365 g/mol. The van der Waals surface area contributed by atoms with E-state index >= 15 is 0 Å². The van der Waals surface area contributed by atoms with Gasteiger partial charge in [-0.25, -0.2) is 14.6 Å². The first-order chi connectivity index (χ1) is 11.6. The molecule has 2 aromatic heterocycles. The second kappa shape index (κ2) is 8.78. The summed E-state index contributed by atoms with van der Waals surface area (Å²) in [5.41, 5.74) is 1.61. The van der Waals surface area contributed by atoms with Crippen molar-refractivity contribution in [1.82, 2.24) is 9.97 Å². The zero-order valence-corrected chi connectivity index (χ0v) is 13.3. The molecule has 0 saturated carbocycles. The van der Waals surface area contributed by atoms with E-state index in [9.17, 15) is 18.0 Å². The molecule has 25 heavy (non-hydrogen) atoms. The SMILES string of the molecule is COc1ncc(-c2ccncc2/C=C/C(=O)O)s1.O=C(O)C(F)(F)F. The molecule has 2 N–H and O–H groups in total. The number of aliphatic carboxylic acids is 2. The summed E-state index contributed by atoms with van der Waals surface area (Å²) in [4.78, 5) is 28.4. The van der Waals surface area contributed by atoms with E-state index in [1.165, 1.54) is 17.4 Å². The molecule has 7 nitrogen and oxygen atoms in total. The number of halogens is 3. The molecule has 0 aliphatic carbocycles. The summed E-state index contributed by atoms with van der Waals surface area (Å²) in [6, 6.07) is 1.81. The standard InChI is InChI=1S/C12H10N2O3S.C2HF3O2/c1-17-12-14-7-10(18-12)9-4-5-13-6-8(9)2-3-11(15)16;3-2(4,5)1(6)7/h2-7H,1H3,(H,15,16);(H,6,7)/b3-2+;. The van der Waals surface area contributed by atoms with Crippen molar-refractivity contribution in [1.29, 1.82) is 0 Å². The number of hydrogen-bond acceptors (Lipinski definition) is 6. The Kier molecular flexibility index (Phi) is 7.06. The fraction of sp³-hybridized carbons (Fsp3) is 0.143. The summed E-state index contributed by atoms with van der Waals surface area (Å²) in [5.74, 6) is -3.75. The number of rotatable bonds is 4. The van der Waals surface area contributed by atoms with Gasteiger partial charge >= 0.3 is 18.1 Å². The van der Waals surface area contributed by atoms with Crippen LogP contribution in [-0.2, 0) is 9.59 Å². The smallest absolute Gasteiger partial charge is 0.478 e. The number of thiazole rings is 1. The fourth-order valence-corrected chi connectivity index (χ4v) is 2.18. The summed E-state index contributed by atoms with van der Waals surface area (Å²) in [5, 5.41) is 16.3. The van der Waals surface area contributed by atoms with E-state index in [1.54, 1.807) is 25.7 Å². The lowest BCUT2D eigenvalue weighted by atomic mass is 10.1. The van der Waals surface area contributed by atoms with Gasteiger partial charge < -0.3 is 14.9 Å². The minimum Gasteiger partial charge on any atom is -0.478 e. The van der Waals surface area contributed by atoms with Gasteiger partial charge in [-0.2, -0.15) is 13.2 Å². The number of alkyl halides is 3. The van der Waals surface area contributed by atoms with Gasteiger partial charge in [0.1, 0.15) is 0 Å². The van der Waals surface area contributed by atoms with Gasteiger partial charge in [-0.05, 0) is 12.1 Å². The van der Waals surface area contributed by atoms with Crippen molar-refractivity contribution in [2.24, 2.45) is 0 Å². The summed E-state index contributed by atoms with van der Waals surface area (Å²) in [7, 11) is 1.56. The molecule has 0 unspecified atom stereocenters. The number of hydrogen-bond donors (Lipinski definition) is 2. The fourth-order valence-electron chi connectivity index (χ4n) is 1.40. The molecule has 0 atom stereocenters. The number of pyridine rings is 1. The van der Waals surface area contributed by atoms with Crippen molar-refractivity contribution in [3.05, 3.63) is 36.3 Å². The molecule has 0 bridgehead atoms. The second-order valence-corrected chi connectivity index (χ2v) is 5.13. The molecule has 0 saturated heterocycles. The quantitative estimate of drug-likeness (QED) is 0.790. The number of nitrogens with zero attached hydrogens (tertiary/aromatic N) is 2. The maximum absolute atomic E-state index is 10.6. The third-order valence-corrected chi connectivity index (χ3v) is 3.42. The first-order valence-corrected chi connectivity index (χ1v) is 7.12. The monoisotopic (exact) mass is 376 g/mol. The highest BCUT2D eigenvalue weighted by Crippen LogP contribution is 2.32. The van der Waals surface area contributed by atoms with Crippen molar-refractivity contribution in [3.8, 4) is 15.6 Å². The lowest BCUT2D eigenvalue weighted by Gasteiger charge is -2.01. The number of methoxy groups -OCH3 is 1. The van der Waals surface area contributed by atoms with Crippen LogP contribution in [-0.4, -0.2) is 45.4 Å². The third kappa shape index (κ3) is 6.59. The van der Waals surface area contributed by atoms with Crippen LogP contribution < -0.4 is 4.74 Å². The predicted molar refractivity (Wildman–Crippen MR) is 82.3 cm³/mol. The Bertz CT molecular complexity index is 774. The largest absolute Gasteiger partial charge is 0.490 e. The molecule has 2 heterocycles. The van der Waals surface area contributed by atoms with Gasteiger partial charge in [0.2, 0.25) is 0 Å². The van der Waals surface area contributed by atoms with Crippen LogP contribution >= 0.6 is 11.3 Å². The molecule has 0 radical (unpaired) electrons. The Hall–Kier alpha value is -2.95. The van der Waals surface area contributed by atoms with Crippen molar-refractivity contribution >= 4 is 29.4 Å². The summed E-state index contributed by atoms with van der Waals surface area (Å²) >= 11 is 1.39. The van der Waals surface area contributed by atoms with Gasteiger partial charge in [0.15, 0.2) is 0 Å². The number of ether oxygens (including phenoxy) is 1. The van der Waals surface area contributed by atoms with Crippen LogP contribution in [0, 0.1) is 0 Å². The van der Waals surface area contributed by atoms with Crippen molar-refractivity contribution in [3.63, 3.8) is 0 Å². The molecule has 134 valence electrons. The van der Waals surface area contributed by atoms with Crippen molar-refractivity contribution < 1.29 is 37.7 Å². The number of carbonyl (C=O) groups is 2. The molecule has 2 aromatic rings. The molecule has 0 aliphatic rings. The lowest BCUT2D eigenvalue weighted by molar-refractivity contribution is -0.192. The minimum absolute atomic E-state index is 0.565. The van der Waals surface area contributed by atoms with Gasteiger partial charge in [-0.3, -0.25) is 4.98 Å². The summed E-state index contributed by atoms with van der Waals surface area (Å²) in [6.45, 7) is 0. The van der Waals surface area contributed by atoms with E-state index in [0.717, 1.165) is 22.1 Å². The highest BCUT2D eigenvalue weighted by Gasteiger charge is 2.38. The van der Waals surface area contributed by atoms with E-state index < -0.39 is 18.1 Å². The predicted octanol–water partition coefficient (Wildman–Crippen LogP) is 2.94. The van der Waals surface area contributed by atoms with Crippen molar-refractivity contribution in [2.45, 2.75) is 6.18 Å². The average molecular weight is 376 g/mol. The molecule has 0 aliphatic heterocycles. The van der Waals surface area contributed by atoms with E-state index in [0.29, 0.717) is 5.19 Å². The molecule has 0 aromatic carbocycles. The maximum Gasteiger partial charge on any atom is 0.490 e. The Balaban J connectivity index is 0.000000381. The van der Waals surface area contributed by atoms with Crippen LogP contribution in [0.1, 0.15) is 5.56 Å². The normalized spacial score (nSPS) is 10.9. The molecular formula is C14H11F3N2O5S. The molecule has 11 heteroatoms. The van der Waals surface area contributed by atoms with Crippen LogP contribution in [0.5, 0.6) is 5.19 Å². The Morgan fingerprint density at radius 1 is 1.28 bits per heavy atom. The third-order valence-electron chi connectivity index (χ3n) is 2.42. The van der Waals surface area contributed by atoms with Gasteiger partial charge in [0.05, 0.1) is 12.0 Å². The van der Waals surface area contributed by atoms with Crippen LogP contribution in [0.4, 0.5) is 13.2 Å². The van der Waals surface area contributed by atoms with Gasteiger partial charge in [0, 0.05) is 35.8 Å². The molecule has 2 rings (SSSR count). The van der Waals surface area contributed by atoms with Crippen molar-refractivity contribution in [2.75, 3.05) is 7.11 Å². The van der Waals surface area contributed by atoms with E-state index in [4.69, 9.17) is 19.7 Å². The molecule has 0 amide bonds. The van der Waals surface area contributed by atoms with Gasteiger partial charge in [-0.1, -0.05) is 11.3 Å². The van der Waals surface area contributed by atoms with E-state index in [1.807, 2.05) is 6.07 Å². The average Bonchev–Trinajstić information content (AvgIpc) is 3.01. The number of carboxylic acids is 2. The van der Waals surface area contributed by atoms with E-state index in [2.05, 4.69) is 9.97 Å². The first-order valence-electron chi connectivity index (χ1n) is 6.30. The van der Waals surface area contributed by atoms with Crippen LogP contribution in [0.25, 0.3) is 16.5 Å². The summed E-state index contributed by atoms with van der Waals surface area (Å²) < 4.78 is 36.8. The minimum atomic E-state index is -5.08. The summed E-state index contributed by atoms with van der Waals surface area (Å²) in [6.07, 6.45) is 2.47. The van der Waals surface area contributed by atoms with Crippen LogP contribution in [0.15, 0.2) is 30.7 Å². The zero-order chi connectivity index (χ0) is 19.0. The van der Waals surface area contributed by atoms with Gasteiger partial charge in [-0.15, -0.1) is 0 Å². The maximum atomic E-state index is 10.6. The molecule has 0 spiro atoms. The Morgan fingerprint density at radius 2 is 1.92 bits per heavy atom. The van der Waals surface area contributed by atoms with Crippen LogP contribution in [0.2, 0.25) is 0 Å².